The van der Waals surface area contributed by atoms with Crippen LogP contribution in [0.1, 0.15) is 13.8 Å². The lowest BCUT2D eigenvalue weighted by molar-refractivity contribution is 0.00118. The van der Waals surface area contributed by atoms with Gasteiger partial charge in [-0.15, -0.1) is 0 Å². The van der Waals surface area contributed by atoms with E-state index in [4.69, 9.17) is 5.11 Å². The molecule has 0 radical (unpaired) electrons. The normalized spacial score (nSPS) is 36.8. The first-order valence-corrected chi connectivity index (χ1v) is 4.26. The van der Waals surface area contributed by atoms with E-state index >= 15 is 0 Å². The molecular formula is C10H16O2. The highest BCUT2D eigenvalue weighted by molar-refractivity contribution is 5.19. The molecule has 3 atom stereocenters. The summed E-state index contributed by atoms with van der Waals surface area (Å²) in [5.74, 6) is 0.268. The minimum Gasteiger partial charge on any atom is -0.394 e. The van der Waals surface area contributed by atoms with Crippen LogP contribution < -0.4 is 0 Å². The van der Waals surface area contributed by atoms with E-state index in [9.17, 15) is 5.11 Å². The van der Waals surface area contributed by atoms with E-state index in [0.29, 0.717) is 0 Å². The van der Waals surface area contributed by atoms with E-state index in [0.717, 1.165) is 0 Å². The van der Waals surface area contributed by atoms with E-state index in [1.807, 2.05) is 38.2 Å². The van der Waals surface area contributed by atoms with Gasteiger partial charge < -0.3 is 10.2 Å². The van der Waals surface area contributed by atoms with Crippen LogP contribution in [-0.4, -0.2) is 22.9 Å². The number of hydrogen-bond donors (Lipinski definition) is 2. The van der Waals surface area contributed by atoms with Crippen LogP contribution in [0, 0.1) is 11.3 Å². The summed E-state index contributed by atoms with van der Waals surface area (Å²) >= 11 is 0. The van der Waals surface area contributed by atoms with E-state index in [1.54, 1.807) is 0 Å². The second-order valence-electron chi connectivity index (χ2n) is 3.60. The summed E-state index contributed by atoms with van der Waals surface area (Å²) in [6.07, 6.45) is 7.21. The second kappa shape index (κ2) is 3.42. The van der Waals surface area contributed by atoms with Crippen molar-refractivity contribution in [3.05, 3.63) is 24.3 Å². The summed E-state index contributed by atoms with van der Waals surface area (Å²) in [5, 5.41) is 18.4. The van der Waals surface area contributed by atoms with Crippen molar-refractivity contribution in [1.82, 2.24) is 0 Å². The predicted octanol–water partition coefficient (Wildman–Crippen LogP) is 1.11. The van der Waals surface area contributed by atoms with Crippen LogP contribution in [-0.2, 0) is 0 Å². The molecule has 0 saturated carbocycles. The molecule has 0 aromatic heterocycles. The van der Waals surface area contributed by atoms with Crippen LogP contribution >= 0.6 is 0 Å². The third kappa shape index (κ3) is 1.45. The second-order valence-corrected chi connectivity index (χ2v) is 3.60. The molecular weight excluding hydrogens is 152 g/mol. The molecule has 2 heteroatoms. The van der Waals surface area contributed by atoms with Gasteiger partial charge in [0.2, 0.25) is 0 Å². The van der Waals surface area contributed by atoms with E-state index in [2.05, 4.69) is 0 Å². The van der Waals surface area contributed by atoms with Crippen molar-refractivity contribution in [3.63, 3.8) is 0 Å². The van der Waals surface area contributed by atoms with Gasteiger partial charge in [-0.25, -0.2) is 0 Å². The van der Waals surface area contributed by atoms with Crippen LogP contribution in [0.15, 0.2) is 24.3 Å². The smallest absolute Gasteiger partial charge is 0.0864 e. The summed E-state index contributed by atoms with van der Waals surface area (Å²) in [7, 11) is 0. The lowest BCUT2D eigenvalue weighted by Gasteiger charge is -2.36. The van der Waals surface area contributed by atoms with E-state index < -0.39 is 6.10 Å². The van der Waals surface area contributed by atoms with Crippen LogP contribution in [0.2, 0.25) is 0 Å². The number of aliphatic hydroxyl groups is 2. The molecule has 12 heavy (non-hydrogen) atoms. The van der Waals surface area contributed by atoms with Crippen LogP contribution in [0.3, 0.4) is 0 Å². The molecule has 0 amide bonds. The first kappa shape index (κ1) is 9.49. The maximum absolute atomic E-state index is 9.58. The summed E-state index contributed by atoms with van der Waals surface area (Å²) in [5.41, 5.74) is -0.316. The van der Waals surface area contributed by atoms with Crippen molar-refractivity contribution in [3.8, 4) is 0 Å². The van der Waals surface area contributed by atoms with Crippen molar-refractivity contribution in [2.24, 2.45) is 11.3 Å². The molecule has 0 aromatic rings. The fraction of sp³-hybridized carbons (Fsp3) is 0.600. The Morgan fingerprint density at radius 1 is 1.50 bits per heavy atom. The first-order chi connectivity index (χ1) is 5.61. The maximum atomic E-state index is 9.58. The molecule has 0 bridgehead atoms. The average molecular weight is 168 g/mol. The molecule has 3 unspecified atom stereocenters. The molecule has 0 fully saturated rings. The Hall–Kier alpha value is -0.600. The highest BCUT2D eigenvalue weighted by Gasteiger charge is 2.35. The predicted molar refractivity (Wildman–Crippen MR) is 48.6 cm³/mol. The third-order valence-corrected chi connectivity index (χ3v) is 2.84. The SMILES string of the molecule is CC1C=CC=CC1(C)C(O)CO. The van der Waals surface area contributed by atoms with Crippen molar-refractivity contribution in [2.45, 2.75) is 20.0 Å². The Morgan fingerprint density at radius 3 is 2.67 bits per heavy atom. The Labute approximate surface area is 73.2 Å². The van der Waals surface area contributed by atoms with Gasteiger partial charge in [-0.2, -0.15) is 0 Å². The summed E-state index contributed by atoms with van der Waals surface area (Å²) in [6.45, 7) is 3.82. The lowest BCUT2D eigenvalue weighted by atomic mass is 9.71. The van der Waals surface area contributed by atoms with E-state index in [1.165, 1.54) is 0 Å². The summed E-state index contributed by atoms with van der Waals surface area (Å²) in [4.78, 5) is 0. The van der Waals surface area contributed by atoms with Crippen molar-refractivity contribution in [2.75, 3.05) is 6.61 Å². The molecule has 0 aromatic carbocycles. The van der Waals surface area contributed by atoms with Gasteiger partial charge in [0, 0.05) is 5.41 Å². The zero-order valence-electron chi connectivity index (χ0n) is 7.57. The van der Waals surface area contributed by atoms with Crippen molar-refractivity contribution >= 4 is 0 Å². The molecule has 2 N–H and O–H groups in total. The number of aliphatic hydroxyl groups excluding tert-OH is 2. The Kier molecular flexibility index (Phi) is 2.70. The maximum Gasteiger partial charge on any atom is 0.0864 e. The lowest BCUT2D eigenvalue weighted by Crippen LogP contribution is -2.39. The zero-order chi connectivity index (χ0) is 9.19. The van der Waals surface area contributed by atoms with Crippen LogP contribution in [0.4, 0.5) is 0 Å². The highest BCUT2D eigenvalue weighted by atomic mass is 16.3. The fourth-order valence-corrected chi connectivity index (χ4v) is 1.46. The molecule has 1 aliphatic carbocycles. The highest BCUT2D eigenvalue weighted by Crippen LogP contribution is 2.35. The van der Waals surface area contributed by atoms with Gasteiger partial charge in [0.1, 0.15) is 0 Å². The summed E-state index contributed by atoms with van der Waals surface area (Å²) in [6, 6.07) is 0. The van der Waals surface area contributed by atoms with Crippen LogP contribution in [0.25, 0.3) is 0 Å². The molecule has 2 nitrogen and oxygen atoms in total. The standard InChI is InChI=1S/C10H16O2/c1-8-5-3-4-6-10(8,2)9(12)7-11/h3-6,8-9,11-12H,7H2,1-2H3. The molecule has 1 aliphatic rings. The van der Waals surface area contributed by atoms with Gasteiger partial charge in [-0.1, -0.05) is 38.2 Å². The number of allylic oxidation sites excluding steroid dienone is 3. The molecule has 0 aliphatic heterocycles. The third-order valence-electron chi connectivity index (χ3n) is 2.84. The summed E-state index contributed by atoms with van der Waals surface area (Å²) < 4.78 is 0. The molecule has 0 heterocycles. The molecule has 0 saturated heterocycles. The molecule has 68 valence electrons. The quantitative estimate of drug-likeness (QED) is 0.648. The molecule has 1 rings (SSSR count). The average Bonchev–Trinajstić information content (AvgIpc) is 2.09. The zero-order valence-corrected chi connectivity index (χ0v) is 7.57. The van der Waals surface area contributed by atoms with Gasteiger partial charge in [0.05, 0.1) is 12.7 Å². The minimum absolute atomic E-state index is 0.182. The van der Waals surface area contributed by atoms with Gasteiger partial charge in [0.15, 0.2) is 0 Å². The monoisotopic (exact) mass is 168 g/mol. The fourth-order valence-electron chi connectivity index (χ4n) is 1.46. The van der Waals surface area contributed by atoms with Gasteiger partial charge in [-0.3, -0.25) is 0 Å². The van der Waals surface area contributed by atoms with Crippen molar-refractivity contribution < 1.29 is 10.2 Å². The number of hydrogen-bond acceptors (Lipinski definition) is 2. The Bertz CT molecular complexity index is 208. The van der Waals surface area contributed by atoms with Gasteiger partial charge in [0.25, 0.3) is 0 Å². The Morgan fingerprint density at radius 2 is 2.17 bits per heavy atom. The van der Waals surface area contributed by atoms with Gasteiger partial charge in [-0.05, 0) is 5.92 Å². The first-order valence-electron chi connectivity index (χ1n) is 4.26. The number of rotatable bonds is 2. The Balaban J connectivity index is 2.82. The van der Waals surface area contributed by atoms with Crippen molar-refractivity contribution in [1.29, 1.82) is 0 Å². The largest absolute Gasteiger partial charge is 0.394 e. The van der Waals surface area contributed by atoms with E-state index in [-0.39, 0.29) is 17.9 Å². The van der Waals surface area contributed by atoms with Crippen LogP contribution in [0.5, 0.6) is 0 Å². The van der Waals surface area contributed by atoms with Gasteiger partial charge >= 0.3 is 0 Å². The topological polar surface area (TPSA) is 40.5 Å². The molecule has 0 spiro atoms. The minimum atomic E-state index is -0.673.